The quantitative estimate of drug-likeness (QED) is 0.803. The van der Waals surface area contributed by atoms with E-state index in [9.17, 15) is 4.79 Å². The van der Waals surface area contributed by atoms with E-state index in [2.05, 4.69) is 15.3 Å². The Bertz CT molecular complexity index is 521. The summed E-state index contributed by atoms with van der Waals surface area (Å²) in [4.78, 5) is 18.5. The monoisotopic (exact) mass is 218 g/mol. The minimum absolute atomic E-state index is 0.0165. The lowest BCUT2D eigenvalue weighted by molar-refractivity contribution is 0.0691. The second-order valence-electron chi connectivity index (χ2n) is 3.12. The number of carboxylic acid groups (broad SMARTS) is 1. The van der Waals surface area contributed by atoms with Crippen LogP contribution >= 0.6 is 0 Å². The molecule has 16 heavy (non-hydrogen) atoms. The van der Waals surface area contributed by atoms with Gasteiger partial charge in [0.25, 0.3) is 0 Å². The molecule has 2 N–H and O–H groups in total. The van der Waals surface area contributed by atoms with Gasteiger partial charge in [0.2, 0.25) is 0 Å². The van der Waals surface area contributed by atoms with Crippen molar-refractivity contribution in [3.8, 4) is 5.69 Å². The third-order valence-electron chi connectivity index (χ3n) is 2.10. The van der Waals surface area contributed by atoms with Crippen LogP contribution in [0.1, 0.15) is 10.5 Å². The molecule has 2 heterocycles. The average Bonchev–Trinajstić information content (AvgIpc) is 2.78. The first-order valence-electron chi connectivity index (χ1n) is 4.62. The van der Waals surface area contributed by atoms with E-state index in [1.807, 2.05) is 0 Å². The molecule has 0 aliphatic rings. The normalized spacial score (nSPS) is 10.1. The van der Waals surface area contributed by atoms with E-state index in [1.54, 1.807) is 29.9 Å². The smallest absolute Gasteiger partial charge is 0.356 e. The van der Waals surface area contributed by atoms with Gasteiger partial charge in [-0.05, 0) is 6.07 Å². The highest BCUT2D eigenvalue weighted by Gasteiger charge is 2.07. The van der Waals surface area contributed by atoms with Gasteiger partial charge < -0.3 is 15.0 Å². The maximum Gasteiger partial charge on any atom is 0.356 e. The number of anilines is 1. The van der Waals surface area contributed by atoms with Gasteiger partial charge in [-0.3, -0.25) is 0 Å². The van der Waals surface area contributed by atoms with Crippen molar-refractivity contribution < 1.29 is 9.90 Å². The van der Waals surface area contributed by atoms with Gasteiger partial charge in [-0.25, -0.2) is 14.8 Å². The molecule has 0 radical (unpaired) electrons. The van der Waals surface area contributed by atoms with Crippen molar-refractivity contribution in [2.45, 2.75) is 0 Å². The van der Waals surface area contributed by atoms with Crippen LogP contribution in [0, 0.1) is 0 Å². The van der Waals surface area contributed by atoms with Crippen LogP contribution in [-0.2, 0) is 0 Å². The fourth-order valence-electron chi connectivity index (χ4n) is 1.29. The number of imidazole rings is 1. The highest BCUT2D eigenvalue weighted by molar-refractivity contribution is 5.85. The summed E-state index contributed by atoms with van der Waals surface area (Å²) in [6, 6.07) is 3.57. The number of aromatic nitrogens is 3. The summed E-state index contributed by atoms with van der Waals surface area (Å²) in [6.45, 7) is 0. The molecule has 0 amide bonds. The molecule has 0 unspecified atom stereocenters. The van der Waals surface area contributed by atoms with E-state index in [0.717, 1.165) is 5.69 Å². The minimum Gasteiger partial charge on any atom is -0.476 e. The molecule has 0 saturated carbocycles. The number of carboxylic acids is 1. The van der Waals surface area contributed by atoms with Crippen molar-refractivity contribution in [2.24, 2.45) is 0 Å². The largest absolute Gasteiger partial charge is 0.476 e. The summed E-state index contributed by atoms with van der Waals surface area (Å²) in [6.07, 6.45) is 4.55. The van der Waals surface area contributed by atoms with Crippen molar-refractivity contribution >= 4 is 11.8 Å². The molecule has 6 nitrogen and oxygen atoms in total. The number of aromatic carboxylic acids is 1. The summed E-state index contributed by atoms with van der Waals surface area (Å²) in [7, 11) is 1.77. The third-order valence-corrected chi connectivity index (χ3v) is 2.10. The van der Waals surface area contributed by atoms with Gasteiger partial charge in [0.1, 0.15) is 12.1 Å². The maximum atomic E-state index is 10.7. The van der Waals surface area contributed by atoms with E-state index >= 15 is 0 Å². The summed E-state index contributed by atoms with van der Waals surface area (Å²) < 4.78 is 1.63. The molecule has 82 valence electrons. The number of nitrogens with zero attached hydrogens (tertiary/aromatic N) is 3. The Labute approximate surface area is 91.6 Å². The van der Waals surface area contributed by atoms with Crippen LogP contribution < -0.4 is 5.32 Å². The number of carbonyl (C=O) groups is 1. The molecule has 6 heteroatoms. The number of hydrogen-bond acceptors (Lipinski definition) is 4. The van der Waals surface area contributed by atoms with Gasteiger partial charge >= 0.3 is 5.97 Å². The Kier molecular flexibility index (Phi) is 2.55. The minimum atomic E-state index is -1.04. The first-order chi connectivity index (χ1) is 7.70. The zero-order valence-corrected chi connectivity index (χ0v) is 8.58. The highest BCUT2D eigenvalue weighted by Crippen LogP contribution is 2.11. The van der Waals surface area contributed by atoms with Gasteiger partial charge in [0.05, 0.1) is 5.69 Å². The molecule has 0 spiro atoms. The fourth-order valence-corrected chi connectivity index (χ4v) is 1.29. The standard InChI is InChI=1S/C10H10N4O2/c1-11-9-4-7(2-3-12-9)14-5-8(10(15)16)13-6-14/h2-6H,1H3,(H,11,12)(H,15,16). The van der Waals surface area contributed by atoms with E-state index in [-0.39, 0.29) is 5.69 Å². The van der Waals surface area contributed by atoms with Gasteiger partial charge in [0, 0.05) is 25.5 Å². The Morgan fingerprint density at radius 3 is 2.94 bits per heavy atom. The summed E-state index contributed by atoms with van der Waals surface area (Å²) in [5, 5.41) is 11.7. The molecular formula is C10H10N4O2. The molecule has 0 atom stereocenters. The summed E-state index contributed by atoms with van der Waals surface area (Å²) in [5.41, 5.74) is 0.821. The Morgan fingerprint density at radius 2 is 2.31 bits per heavy atom. The first-order valence-corrected chi connectivity index (χ1v) is 4.62. The molecule has 2 aromatic rings. The van der Waals surface area contributed by atoms with Gasteiger partial charge in [-0.15, -0.1) is 0 Å². The van der Waals surface area contributed by atoms with E-state index in [0.29, 0.717) is 5.82 Å². The predicted octanol–water partition coefficient (Wildman–Crippen LogP) is 1.01. The van der Waals surface area contributed by atoms with E-state index in [4.69, 9.17) is 5.11 Å². The number of rotatable bonds is 3. The van der Waals surface area contributed by atoms with Crippen LogP contribution in [0.2, 0.25) is 0 Å². The molecule has 0 bridgehead atoms. The lowest BCUT2D eigenvalue weighted by atomic mass is 10.4. The Hall–Kier alpha value is -2.37. The zero-order valence-electron chi connectivity index (χ0n) is 8.58. The van der Waals surface area contributed by atoms with Crippen molar-refractivity contribution in [2.75, 3.05) is 12.4 Å². The van der Waals surface area contributed by atoms with Crippen molar-refractivity contribution in [3.05, 3.63) is 36.5 Å². The lowest BCUT2D eigenvalue weighted by Gasteiger charge is -2.03. The molecule has 2 rings (SSSR count). The number of hydrogen-bond donors (Lipinski definition) is 2. The van der Waals surface area contributed by atoms with Crippen molar-refractivity contribution in [3.63, 3.8) is 0 Å². The average molecular weight is 218 g/mol. The molecule has 0 fully saturated rings. The molecule has 0 aliphatic heterocycles. The highest BCUT2D eigenvalue weighted by atomic mass is 16.4. The van der Waals surface area contributed by atoms with Crippen LogP contribution in [0.4, 0.5) is 5.82 Å². The number of pyridine rings is 1. The van der Waals surface area contributed by atoms with Crippen LogP contribution in [-0.4, -0.2) is 32.7 Å². The van der Waals surface area contributed by atoms with E-state index in [1.165, 1.54) is 12.5 Å². The zero-order chi connectivity index (χ0) is 11.5. The summed E-state index contributed by atoms with van der Waals surface area (Å²) in [5.74, 6) is -0.329. The Balaban J connectivity index is 2.38. The molecule has 0 saturated heterocycles. The Morgan fingerprint density at radius 1 is 1.50 bits per heavy atom. The van der Waals surface area contributed by atoms with Crippen LogP contribution in [0.15, 0.2) is 30.9 Å². The SMILES string of the molecule is CNc1cc(-n2cnc(C(=O)O)c2)ccn1. The van der Waals surface area contributed by atoms with Crippen molar-refractivity contribution in [1.29, 1.82) is 0 Å². The van der Waals surface area contributed by atoms with Crippen molar-refractivity contribution in [1.82, 2.24) is 14.5 Å². The summed E-state index contributed by atoms with van der Waals surface area (Å²) >= 11 is 0. The van der Waals surface area contributed by atoms with Gasteiger partial charge in [0.15, 0.2) is 5.69 Å². The second-order valence-corrected chi connectivity index (χ2v) is 3.12. The second kappa shape index (κ2) is 4.01. The predicted molar refractivity (Wildman–Crippen MR) is 57.9 cm³/mol. The van der Waals surface area contributed by atoms with Crippen LogP contribution in [0.25, 0.3) is 5.69 Å². The topological polar surface area (TPSA) is 80.0 Å². The van der Waals surface area contributed by atoms with Gasteiger partial charge in [-0.2, -0.15) is 0 Å². The molecule has 0 aromatic carbocycles. The molecular weight excluding hydrogens is 208 g/mol. The van der Waals surface area contributed by atoms with Crippen LogP contribution in [0.5, 0.6) is 0 Å². The maximum absolute atomic E-state index is 10.7. The number of nitrogens with one attached hydrogen (secondary N) is 1. The molecule has 0 aliphatic carbocycles. The fraction of sp³-hybridized carbons (Fsp3) is 0.100. The lowest BCUT2D eigenvalue weighted by Crippen LogP contribution is -1.97. The molecule has 2 aromatic heterocycles. The third kappa shape index (κ3) is 1.85. The van der Waals surface area contributed by atoms with E-state index < -0.39 is 5.97 Å². The van der Waals surface area contributed by atoms with Gasteiger partial charge in [-0.1, -0.05) is 0 Å². The first kappa shape index (κ1) is 10.2. The van der Waals surface area contributed by atoms with Crippen LogP contribution in [0.3, 0.4) is 0 Å².